The molecule has 0 saturated carbocycles. The van der Waals surface area contributed by atoms with Crippen LogP contribution in [0, 0.1) is 6.92 Å². The Kier molecular flexibility index (Phi) is 13.2. The molecule has 0 atom stereocenters. The fourth-order valence-electron chi connectivity index (χ4n) is 14.4. The highest BCUT2D eigenvalue weighted by atomic mass is 28.3. The van der Waals surface area contributed by atoms with E-state index in [1.165, 1.54) is 126 Å². The lowest BCUT2D eigenvalue weighted by atomic mass is 9.33. The van der Waals surface area contributed by atoms with Crippen LogP contribution in [0.25, 0.3) is 38.6 Å². The normalized spacial score (nSPS) is 13.1. The van der Waals surface area contributed by atoms with Gasteiger partial charge in [0.2, 0.25) is 0 Å². The molecule has 3 nitrogen and oxygen atoms in total. The average molecular weight is 1150 g/mol. The van der Waals surface area contributed by atoms with E-state index >= 15 is 0 Å². The second-order valence-corrected chi connectivity index (χ2v) is 32.0. The molecular weight excluding hydrogens is 1080 g/mol. The van der Waals surface area contributed by atoms with Crippen molar-refractivity contribution in [2.24, 2.45) is 0 Å². The maximum absolute atomic E-state index is 3.01. The molecule has 2 aliphatic rings. The molecule has 6 heteroatoms. The minimum atomic E-state index is -3.01. The summed E-state index contributed by atoms with van der Waals surface area (Å²) in [7, 11) is -3.84. The lowest BCUT2D eigenvalue weighted by molar-refractivity contribution is 0.590. The summed E-state index contributed by atoms with van der Waals surface area (Å²) >= 11 is 0. The third-order valence-corrected chi connectivity index (χ3v) is 25.1. The molecule has 0 unspecified atom stereocenters. The fraction of sp³-hybridized carbons (Fsp3) is 0.111. The van der Waals surface area contributed by atoms with Gasteiger partial charge >= 0.3 is 0 Å². The Morgan fingerprint density at radius 1 is 0.345 bits per heavy atom. The van der Waals surface area contributed by atoms with Crippen LogP contribution in [-0.2, 0) is 10.8 Å². The smallest absolute Gasteiger partial charge is 0.252 e. The van der Waals surface area contributed by atoms with Gasteiger partial charge in [0.15, 0.2) is 8.07 Å². The minimum absolute atomic E-state index is 0.0348. The van der Waals surface area contributed by atoms with Crippen molar-refractivity contribution in [2.45, 2.75) is 59.3 Å². The number of aryl methyl sites for hydroxylation is 1. The first-order valence-corrected chi connectivity index (χ1v) is 34.3. The second kappa shape index (κ2) is 21.2. The Bertz CT molecular complexity index is 4590. The maximum atomic E-state index is 2.67. The largest absolute Gasteiger partial charge is 0.311 e. The number of hydrogen-bond acceptors (Lipinski definition) is 2. The maximum Gasteiger partial charge on any atom is 0.252 e. The van der Waals surface area contributed by atoms with Gasteiger partial charge in [-0.25, -0.2) is 0 Å². The van der Waals surface area contributed by atoms with E-state index in [0.717, 1.165) is 11.4 Å². The van der Waals surface area contributed by atoms with Crippen LogP contribution < -0.4 is 57.3 Å². The van der Waals surface area contributed by atoms with Crippen LogP contribution in [0.15, 0.2) is 285 Å². The molecule has 0 amide bonds. The molecule has 0 spiro atoms. The van der Waals surface area contributed by atoms with Gasteiger partial charge < -0.3 is 14.4 Å². The van der Waals surface area contributed by atoms with Crippen LogP contribution in [0.5, 0.6) is 0 Å². The standard InChI is InChI=1S/C81H70BN3Si2/c1-55-39-43-75-71(47-55)82-72-54-68(87(65-33-17-10-18-34-65,66-35-19-11-20-36-66)67-37-21-12-22-38-67)42-46-76(72)84(61-29-24-32-64(51-61)86-63-30-15-9-16-31-63)78-53-62(52-77(79(78)82)83(75)60-28-23-27-57(48-60)56-25-13-8-14-26-56)85-73-44-40-58(80(2,3)4)49-69(73)70-50-59(81(5,6)7)41-45-74(70)85/h8-54H,86H2,1-7H3. The van der Waals surface area contributed by atoms with E-state index < -0.39 is 17.6 Å². The van der Waals surface area contributed by atoms with Crippen molar-refractivity contribution >= 4 is 128 Å². The summed E-state index contributed by atoms with van der Waals surface area (Å²) in [5, 5.41) is 10.8. The zero-order valence-corrected chi connectivity index (χ0v) is 53.2. The van der Waals surface area contributed by atoms with Gasteiger partial charge in [-0.2, -0.15) is 0 Å². The van der Waals surface area contributed by atoms with Gasteiger partial charge in [-0.1, -0.05) is 270 Å². The predicted octanol–water partition coefficient (Wildman–Crippen LogP) is 13.9. The van der Waals surface area contributed by atoms with Crippen molar-refractivity contribution < 1.29 is 0 Å². The number of rotatable bonds is 10. The molecule has 3 heterocycles. The Morgan fingerprint density at radius 3 is 1.34 bits per heavy atom. The third-order valence-electron chi connectivity index (χ3n) is 18.6. The van der Waals surface area contributed by atoms with E-state index in [-0.39, 0.29) is 17.5 Å². The zero-order chi connectivity index (χ0) is 59.2. The molecule has 15 rings (SSSR count). The molecule has 2 aliphatic heterocycles. The monoisotopic (exact) mass is 1150 g/mol. The number of nitrogens with zero attached hydrogens (tertiary/aromatic N) is 3. The first-order valence-electron chi connectivity index (χ1n) is 30.9. The van der Waals surface area contributed by atoms with Gasteiger partial charge in [0.25, 0.3) is 6.71 Å². The molecule has 12 aromatic carbocycles. The Labute approximate surface area is 516 Å². The average Bonchev–Trinajstić information content (AvgIpc) is 1.20. The Balaban J connectivity index is 1.08. The summed E-state index contributed by atoms with van der Waals surface area (Å²) in [5.41, 5.74) is 20.7. The van der Waals surface area contributed by atoms with Gasteiger partial charge in [0.1, 0.15) is 0 Å². The highest BCUT2D eigenvalue weighted by Crippen LogP contribution is 2.47. The molecule has 0 N–H and O–H groups in total. The third kappa shape index (κ3) is 9.24. The second-order valence-electron chi connectivity index (χ2n) is 26.2. The summed E-state index contributed by atoms with van der Waals surface area (Å²) in [6.07, 6.45) is 0. The first-order chi connectivity index (χ1) is 42.3. The SMILES string of the molecule is Cc1ccc2c(c1)B1c3cc([Si](c4ccccc4)(c4ccccc4)c4ccccc4)ccc3N(c3cccc([SiH2]c4ccccc4)c3)c3cc(-n4c5ccc(C(C)(C)C)cc5c5cc(C(C)(C)C)ccc54)cc(c31)N2c1cccc(-c2ccccc2)c1. The van der Waals surface area contributed by atoms with Crippen molar-refractivity contribution in [1.29, 1.82) is 0 Å². The Hall–Kier alpha value is -9.46. The van der Waals surface area contributed by atoms with E-state index in [1.54, 1.807) is 0 Å². The number of hydrogen-bond donors (Lipinski definition) is 0. The molecule has 0 saturated heterocycles. The van der Waals surface area contributed by atoms with E-state index in [2.05, 4.69) is 348 Å². The molecule has 420 valence electrons. The summed E-state index contributed by atoms with van der Waals surface area (Å²) in [4.78, 5) is 5.26. The van der Waals surface area contributed by atoms with Crippen LogP contribution in [-0.4, -0.2) is 28.9 Å². The topological polar surface area (TPSA) is 11.4 Å². The van der Waals surface area contributed by atoms with Gasteiger partial charge in [0, 0.05) is 44.9 Å². The molecule has 0 fully saturated rings. The molecule has 13 aromatic rings. The van der Waals surface area contributed by atoms with Crippen molar-refractivity contribution in [3.63, 3.8) is 0 Å². The van der Waals surface area contributed by atoms with Crippen molar-refractivity contribution in [3.8, 4) is 16.8 Å². The summed E-state index contributed by atoms with van der Waals surface area (Å²) < 4.78 is 2.58. The van der Waals surface area contributed by atoms with Crippen LogP contribution in [0.2, 0.25) is 0 Å². The molecule has 0 bridgehead atoms. The lowest BCUT2D eigenvalue weighted by Gasteiger charge is -2.45. The van der Waals surface area contributed by atoms with Crippen LogP contribution in [0.3, 0.4) is 0 Å². The number of fused-ring (bicyclic) bond motifs is 7. The van der Waals surface area contributed by atoms with E-state index in [4.69, 9.17) is 0 Å². The summed E-state index contributed by atoms with van der Waals surface area (Å²) in [6, 6.07) is 110. The van der Waals surface area contributed by atoms with E-state index in [0.29, 0.717) is 0 Å². The molecule has 87 heavy (non-hydrogen) atoms. The lowest BCUT2D eigenvalue weighted by Crippen LogP contribution is -2.75. The molecule has 1 aromatic heterocycles. The van der Waals surface area contributed by atoms with Crippen LogP contribution in [0.1, 0.15) is 58.2 Å². The van der Waals surface area contributed by atoms with Gasteiger partial charge in [-0.15, -0.1) is 0 Å². The van der Waals surface area contributed by atoms with Crippen molar-refractivity contribution in [1.82, 2.24) is 4.57 Å². The number of anilines is 6. The highest BCUT2D eigenvalue weighted by molar-refractivity contribution is 7.20. The van der Waals surface area contributed by atoms with Crippen LogP contribution in [0.4, 0.5) is 34.1 Å². The Morgan fingerprint density at radius 2 is 0.805 bits per heavy atom. The zero-order valence-electron chi connectivity index (χ0n) is 50.8. The number of benzene rings is 12. The van der Waals surface area contributed by atoms with Gasteiger partial charge in [-0.05, 0) is 150 Å². The van der Waals surface area contributed by atoms with Gasteiger partial charge in [-0.3, -0.25) is 0 Å². The number of aromatic nitrogens is 1. The quantitative estimate of drug-likeness (QED) is 0.0999. The molecule has 0 radical (unpaired) electrons. The minimum Gasteiger partial charge on any atom is -0.311 e. The first kappa shape index (κ1) is 54.2. The predicted molar refractivity (Wildman–Crippen MR) is 380 cm³/mol. The fourth-order valence-corrected chi connectivity index (χ4v) is 20.7. The van der Waals surface area contributed by atoms with Gasteiger partial charge in [0.05, 0.1) is 26.2 Å². The molecular formula is C81H70BN3Si2. The van der Waals surface area contributed by atoms with E-state index in [1.807, 2.05) is 0 Å². The van der Waals surface area contributed by atoms with Crippen LogP contribution >= 0.6 is 0 Å². The van der Waals surface area contributed by atoms with E-state index in [9.17, 15) is 0 Å². The molecule has 0 aliphatic carbocycles. The van der Waals surface area contributed by atoms with Crippen molar-refractivity contribution in [2.75, 3.05) is 9.80 Å². The summed E-state index contributed by atoms with van der Waals surface area (Å²) in [6.45, 7) is 16.1. The summed E-state index contributed by atoms with van der Waals surface area (Å²) in [5.74, 6) is 0. The highest BCUT2D eigenvalue weighted by Gasteiger charge is 2.47. The van der Waals surface area contributed by atoms with Crippen molar-refractivity contribution in [3.05, 3.63) is 302 Å².